The number of ether oxygens (including phenoxy) is 2. The van der Waals surface area contributed by atoms with E-state index in [0.717, 1.165) is 22.6 Å². The number of amides is 1. The number of thiazole rings is 1. The highest BCUT2D eigenvalue weighted by Crippen LogP contribution is 2.33. The Morgan fingerprint density at radius 3 is 2.58 bits per heavy atom. The molecule has 5 aromatic rings. The Balaban J connectivity index is 1.38. The normalized spacial score (nSPS) is 14.6. The lowest BCUT2D eigenvalue weighted by atomic mass is 10.0. The molecule has 0 unspecified atom stereocenters. The minimum atomic E-state index is -0.811. The number of para-hydroxylation sites is 1. The van der Waals surface area contributed by atoms with Gasteiger partial charge in [-0.15, -0.1) is 11.3 Å². The van der Waals surface area contributed by atoms with Crippen LogP contribution in [-0.4, -0.2) is 17.6 Å². The van der Waals surface area contributed by atoms with Gasteiger partial charge in [-0.05, 0) is 72.8 Å². The zero-order valence-corrected chi connectivity index (χ0v) is 26.1. The van der Waals surface area contributed by atoms with Gasteiger partial charge in [0.05, 0.1) is 22.9 Å². The third kappa shape index (κ3) is 6.09. The number of rotatable bonds is 8. The highest BCUT2D eigenvalue weighted by atomic mass is 32.1. The lowest BCUT2D eigenvalue weighted by Gasteiger charge is -2.24. The Bertz CT molecular complexity index is 2140. The highest BCUT2D eigenvalue weighted by Gasteiger charge is 2.33. The number of hydrogen-bond acceptors (Lipinski definition) is 7. The second kappa shape index (κ2) is 12.6. The number of benzene rings is 3. The van der Waals surface area contributed by atoms with Crippen LogP contribution in [0, 0.1) is 18.6 Å². The maximum Gasteiger partial charge on any atom is 0.271 e. The van der Waals surface area contributed by atoms with E-state index in [4.69, 9.17) is 14.5 Å². The molecule has 0 saturated carbocycles. The van der Waals surface area contributed by atoms with E-state index in [0.29, 0.717) is 43.2 Å². The van der Waals surface area contributed by atoms with Crippen molar-refractivity contribution >= 4 is 40.3 Å². The molecule has 1 aliphatic heterocycles. The molecule has 2 aromatic heterocycles. The topological polar surface area (TPSA) is 81.9 Å². The van der Waals surface area contributed by atoms with E-state index >= 15 is 0 Å². The van der Waals surface area contributed by atoms with Gasteiger partial charge in [-0.3, -0.25) is 14.2 Å². The summed E-state index contributed by atoms with van der Waals surface area (Å²) in [4.78, 5) is 33.8. The van der Waals surface area contributed by atoms with Crippen LogP contribution in [0.1, 0.15) is 34.5 Å². The number of aromatic nitrogens is 1. The van der Waals surface area contributed by atoms with Crippen molar-refractivity contribution in [3.63, 3.8) is 0 Å². The van der Waals surface area contributed by atoms with Gasteiger partial charge in [-0.25, -0.2) is 13.8 Å². The van der Waals surface area contributed by atoms with Crippen LogP contribution in [0.4, 0.5) is 14.5 Å². The van der Waals surface area contributed by atoms with Gasteiger partial charge < -0.3 is 14.8 Å². The lowest BCUT2D eigenvalue weighted by molar-refractivity contribution is -0.113. The molecule has 228 valence electrons. The van der Waals surface area contributed by atoms with Crippen LogP contribution < -0.4 is 29.7 Å². The maximum absolute atomic E-state index is 14.1. The van der Waals surface area contributed by atoms with Gasteiger partial charge in [-0.1, -0.05) is 41.7 Å². The van der Waals surface area contributed by atoms with Gasteiger partial charge in [0.2, 0.25) is 0 Å². The first-order valence-electron chi connectivity index (χ1n) is 13.9. The second-order valence-electron chi connectivity index (χ2n) is 10.3. The molecular weight excluding hydrogens is 617 g/mol. The van der Waals surface area contributed by atoms with Crippen molar-refractivity contribution in [1.29, 1.82) is 0 Å². The van der Waals surface area contributed by atoms with Crippen LogP contribution in [-0.2, 0) is 11.4 Å². The molecule has 0 radical (unpaired) electrons. The van der Waals surface area contributed by atoms with Gasteiger partial charge in [0, 0.05) is 22.2 Å². The van der Waals surface area contributed by atoms with Gasteiger partial charge in [-0.2, -0.15) is 0 Å². The number of fused-ring (bicyclic) bond motifs is 1. The minimum Gasteiger partial charge on any atom is -0.496 e. The predicted molar refractivity (Wildman–Crippen MR) is 172 cm³/mol. The monoisotopic (exact) mass is 643 g/mol. The molecular formula is C34H27F2N3O4S2. The molecule has 45 heavy (non-hydrogen) atoms. The van der Waals surface area contributed by atoms with Gasteiger partial charge >= 0.3 is 0 Å². The van der Waals surface area contributed by atoms with Crippen LogP contribution in [0.15, 0.2) is 99.2 Å². The largest absolute Gasteiger partial charge is 0.496 e. The number of aryl methyl sites for hydroxylation is 1. The maximum atomic E-state index is 14.1. The Morgan fingerprint density at radius 1 is 1.04 bits per heavy atom. The summed E-state index contributed by atoms with van der Waals surface area (Å²) in [5, 5.41) is 4.92. The smallest absolute Gasteiger partial charge is 0.271 e. The van der Waals surface area contributed by atoms with E-state index in [1.165, 1.54) is 35.8 Å². The summed E-state index contributed by atoms with van der Waals surface area (Å²) in [5.74, 6) is -1.42. The SMILES string of the molecule is COc1ccc(C=c2sc3n(c2=O)[C@@H](c2cccs2)C(C(=O)Nc2ccccc2C)=C(C)N=3)cc1COc1ccc(F)cc1F. The Kier molecular flexibility index (Phi) is 8.46. The van der Waals surface area contributed by atoms with Crippen molar-refractivity contribution in [2.45, 2.75) is 26.5 Å². The fourth-order valence-electron chi connectivity index (χ4n) is 5.13. The molecule has 11 heteroatoms. The number of hydrogen-bond donors (Lipinski definition) is 1. The standard InChI is InChI=1S/C34H27F2N3O4S2/c1-19-7-4-5-8-25(19)38-32(40)30-20(2)37-34-39(31(30)28-9-6-14-44-28)33(41)29(45-34)16-21-10-12-26(42-3)22(15-21)18-43-27-13-11-23(35)17-24(27)36/h4-17,31H,18H2,1-3H3,(H,38,40)/t31-/m0/s1. The zero-order chi connectivity index (χ0) is 31.7. The summed E-state index contributed by atoms with van der Waals surface area (Å²) in [6.07, 6.45) is 1.74. The molecule has 0 bridgehead atoms. The van der Waals surface area contributed by atoms with E-state index in [1.807, 2.05) is 48.7 Å². The van der Waals surface area contributed by atoms with Crippen LogP contribution in [0.2, 0.25) is 0 Å². The average molecular weight is 644 g/mol. The number of nitrogens with zero attached hydrogens (tertiary/aromatic N) is 2. The number of allylic oxidation sites excluding steroid dienone is 1. The number of thiophene rings is 1. The molecule has 1 amide bonds. The van der Waals surface area contributed by atoms with E-state index < -0.39 is 17.7 Å². The second-order valence-corrected chi connectivity index (χ2v) is 12.3. The van der Waals surface area contributed by atoms with Crippen molar-refractivity contribution in [3.8, 4) is 11.5 Å². The summed E-state index contributed by atoms with van der Waals surface area (Å²) < 4.78 is 40.5. The fourth-order valence-corrected chi connectivity index (χ4v) is 7.00. The third-order valence-electron chi connectivity index (χ3n) is 7.35. The van der Waals surface area contributed by atoms with Crippen molar-refractivity contribution in [1.82, 2.24) is 4.57 Å². The quantitative estimate of drug-likeness (QED) is 0.221. The Hall–Kier alpha value is -4.87. The van der Waals surface area contributed by atoms with Crippen LogP contribution >= 0.6 is 22.7 Å². The Morgan fingerprint density at radius 2 is 1.84 bits per heavy atom. The van der Waals surface area contributed by atoms with Crippen molar-refractivity contribution < 1.29 is 23.0 Å². The fraction of sp³-hybridized carbons (Fsp3) is 0.147. The molecule has 6 rings (SSSR count). The summed E-state index contributed by atoms with van der Waals surface area (Å²) in [6.45, 7) is 3.65. The number of halogens is 2. The molecule has 3 aromatic carbocycles. The first-order valence-corrected chi connectivity index (χ1v) is 15.6. The zero-order valence-electron chi connectivity index (χ0n) is 24.5. The molecule has 3 heterocycles. The van der Waals surface area contributed by atoms with E-state index in [-0.39, 0.29) is 23.8 Å². The molecule has 7 nitrogen and oxygen atoms in total. The summed E-state index contributed by atoms with van der Waals surface area (Å²) >= 11 is 2.69. The molecule has 1 aliphatic rings. The third-order valence-corrected chi connectivity index (χ3v) is 9.26. The predicted octanol–water partition coefficient (Wildman–Crippen LogP) is 6.11. The minimum absolute atomic E-state index is 0.0500. The number of anilines is 1. The molecule has 0 fully saturated rings. The summed E-state index contributed by atoms with van der Waals surface area (Å²) in [6, 6.07) is 19.1. The van der Waals surface area contributed by atoms with Crippen LogP contribution in [0.5, 0.6) is 11.5 Å². The average Bonchev–Trinajstić information content (AvgIpc) is 3.65. The van der Waals surface area contributed by atoms with E-state index in [1.54, 1.807) is 35.8 Å². The molecule has 1 atom stereocenters. The van der Waals surface area contributed by atoms with Gasteiger partial charge in [0.25, 0.3) is 11.5 Å². The lowest BCUT2D eigenvalue weighted by Crippen LogP contribution is -2.40. The molecule has 0 aliphatic carbocycles. The van der Waals surface area contributed by atoms with Crippen LogP contribution in [0.3, 0.4) is 0 Å². The first kappa shape index (κ1) is 30.2. The van der Waals surface area contributed by atoms with Crippen molar-refractivity contribution in [3.05, 3.63) is 142 Å². The van der Waals surface area contributed by atoms with Gasteiger partial charge in [0.1, 0.15) is 24.2 Å². The number of carbonyl (C=O) groups is 1. The Labute approximate surface area is 265 Å². The number of methoxy groups -OCH3 is 1. The highest BCUT2D eigenvalue weighted by molar-refractivity contribution is 7.10. The molecule has 0 saturated heterocycles. The molecule has 1 N–H and O–H groups in total. The van der Waals surface area contributed by atoms with E-state index in [9.17, 15) is 18.4 Å². The summed E-state index contributed by atoms with van der Waals surface area (Å²) in [7, 11) is 1.51. The van der Waals surface area contributed by atoms with Crippen molar-refractivity contribution in [2.75, 3.05) is 12.4 Å². The van der Waals surface area contributed by atoms with E-state index in [2.05, 4.69) is 5.32 Å². The summed E-state index contributed by atoms with van der Waals surface area (Å²) in [5.41, 5.74) is 3.53. The first-order chi connectivity index (χ1) is 21.7. The number of carbonyl (C=O) groups excluding carboxylic acids is 1. The van der Waals surface area contributed by atoms with Crippen LogP contribution in [0.25, 0.3) is 6.08 Å². The van der Waals surface area contributed by atoms with Crippen molar-refractivity contribution in [2.24, 2.45) is 4.99 Å². The van der Waals surface area contributed by atoms with Gasteiger partial charge in [0.15, 0.2) is 16.4 Å². The number of nitrogens with one attached hydrogen (secondary N) is 1. The molecule has 0 spiro atoms.